The molecule has 3 aromatic rings. The molecule has 4 heterocycles. The number of nitrogens with zero attached hydrogens (tertiary/aromatic N) is 7. The Bertz CT molecular complexity index is 1740. The zero-order valence-corrected chi connectivity index (χ0v) is 28.4. The highest BCUT2D eigenvalue weighted by atomic mass is 35.5. The zero-order valence-electron chi connectivity index (χ0n) is 27.6. The number of ether oxygens (including phenoxy) is 2. The molecular formula is C36H42ClN7O3. The van der Waals surface area contributed by atoms with Gasteiger partial charge in [0.05, 0.1) is 23.6 Å². The van der Waals surface area contributed by atoms with Gasteiger partial charge in [-0.1, -0.05) is 35.9 Å². The molecule has 2 aromatic carbocycles. The third-order valence-electron chi connectivity index (χ3n) is 9.44. The van der Waals surface area contributed by atoms with Crippen LogP contribution in [-0.4, -0.2) is 84.9 Å². The average molecular weight is 656 g/mol. The van der Waals surface area contributed by atoms with Crippen LogP contribution in [0.15, 0.2) is 36.4 Å². The first-order valence-electron chi connectivity index (χ1n) is 16.4. The third kappa shape index (κ3) is 6.76. The van der Waals surface area contributed by atoms with E-state index in [4.69, 9.17) is 26.1 Å². The van der Waals surface area contributed by atoms with Gasteiger partial charge < -0.3 is 29.1 Å². The van der Waals surface area contributed by atoms with E-state index in [-0.39, 0.29) is 18.5 Å². The molecular weight excluding hydrogens is 614 g/mol. The smallest absolute Gasteiger partial charge is 0.410 e. The maximum absolute atomic E-state index is 13.1. The first-order chi connectivity index (χ1) is 22.6. The van der Waals surface area contributed by atoms with Crippen LogP contribution in [0.5, 0.6) is 5.88 Å². The second-order valence-electron chi connectivity index (χ2n) is 13.7. The number of likely N-dealkylation sites (tertiary alicyclic amines) is 1. The van der Waals surface area contributed by atoms with Crippen LogP contribution in [0, 0.1) is 22.7 Å². The molecule has 6 rings (SSSR count). The van der Waals surface area contributed by atoms with E-state index in [1.54, 1.807) is 4.90 Å². The summed E-state index contributed by atoms with van der Waals surface area (Å²) in [5.74, 6) is 1.10. The highest BCUT2D eigenvalue weighted by Gasteiger charge is 2.37. The van der Waals surface area contributed by atoms with E-state index in [9.17, 15) is 15.3 Å². The SMILES string of the molecule is CN1CCC[C@@H]1COc1nc(N2CCN(C(=O)OC(C)(C)C)[C@@H](CC#N)C2)c2c(c1C#N)CN(c1cccc3cccc(Cl)c13)CC2. The van der Waals surface area contributed by atoms with Crippen LogP contribution in [0.25, 0.3) is 10.8 Å². The van der Waals surface area contributed by atoms with Crippen molar-refractivity contribution in [3.05, 3.63) is 58.1 Å². The number of amides is 1. The first-order valence-corrected chi connectivity index (χ1v) is 16.8. The van der Waals surface area contributed by atoms with Crippen LogP contribution >= 0.6 is 11.6 Å². The predicted molar refractivity (Wildman–Crippen MR) is 183 cm³/mol. The average Bonchev–Trinajstić information content (AvgIpc) is 3.46. The lowest BCUT2D eigenvalue weighted by atomic mass is 9.94. The number of fused-ring (bicyclic) bond motifs is 2. The van der Waals surface area contributed by atoms with Gasteiger partial charge in [-0.3, -0.25) is 0 Å². The van der Waals surface area contributed by atoms with Gasteiger partial charge >= 0.3 is 6.09 Å². The molecule has 0 saturated carbocycles. The summed E-state index contributed by atoms with van der Waals surface area (Å²) in [6.07, 6.45) is 2.56. The molecule has 0 unspecified atom stereocenters. The molecule has 3 aliphatic heterocycles. The van der Waals surface area contributed by atoms with Crippen LogP contribution < -0.4 is 14.5 Å². The number of carbonyl (C=O) groups is 1. The molecule has 3 aliphatic rings. The highest BCUT2D eigenvalue weighted by Crippen LogP contribution is 2.40. The predicted octanol–water partition coefficient (Wildman–Crippen LogP) is 6.13. The lowest BCUT2D eigenvalue weighted by molar-refractivity contribution is 0.0144. The summed E-state index contributed by atoms with van der Waals surface area (Å²) in [4.78, 5) is 26.6. The molecule has 10 nitrogen and oxygen atoms in total. The van der Waals surface area contributed by atoms with E-state index in [1.165, 1.54) is 0 Å². The summed E-state index contributed by atoms with van der Waals surface area (Å²) < 4.78 is 12.1. The largest absolute Gasteiger partial charge is 0.475 e. The minimum Gasteiger partial charge on any atom is -0.475 e. The van der Waals surface area contributed by atoms with Crippen molar-refractivity contribution in [3.63, 3.8) is 0 Å². The van der Waals surface area contributed by atoms with Crippen LogP contribution in [0.3, 0.4) is 0 Å². The molecule has 0 radical (unpaired) electrons. The van der Waals surface area contributed by atoms with Gasteiger partial charge in [0, 0.05) is 61.0 Å². The molecule has 246 valence electrons. The third-order valence-corrected chi connectivity index (χ3v) is 9.76. The maximum atomic E-state index is 13.1. The maximum Gasteiger partial charge on any atom is 0.410 e. The van der Waals surface area contributed by atoms with Gasteiger partial charge in [-0.05, 0) is 71.1 Å². The number of likely N-dealkylation sites (N-methyl/N-ethyl adjacent to an activating group) is 1. The number of halogens is 1. The Morgan fingerprint density at radius 3 is 2.53 bits per heavy atom. The van der Waals surface area contributed by atoms with Crippen molar-refractivity contribution in [1.82, 2.24) is 14.8 Å². The number of piperazine rings is 1. The van der Waals surface area contributed by atoms with Gasteiger partial charge in [-0.25, -0.2) is 4.79 Å². The fourth-order valence-electron chi connectivity index (χ4n) is 7.07. The van der Waals surface area contributed by atoms with Crippen molar-refractivity contribution in [2.75, 3.05) is 56.2 Å². The summed E-state index contributed by atoms with van der Waals surface area (Å²) in [6.45, 7) is 9.53. The van der Waals surface area contributed by atoms with E-state index < -0.39 is 11.7 Å². The fraction of sp³-hybridized carbons (Fsp3) is 0.500. The van der Waals surface area contributed by atoms with Gasteiger partial charge in [-0.15, -0.1) is 0 Å². The zero-order chi connectivity index (χ0) is 33.3. The molecule has 0 N–H and O–H groups in total. The fourth-order valence-corrected chi connectivity index (χ4v) is 7.35. The number of benzene rings is 2. The summed E-state index contributed by atoms with van der Waals surface area (Å²) in [5.41, 5.74) is 2.75. The summed E-state index contributed by atoms with van der Waals surface area (Å²) in [5, 5.41) is 23.0. The van der Waals surface area contributed by atoms with E-state index in [1.807, 2.05) is 39.0 Å². The Kier molecular flexibility index (Phi) is 9.36. The van der Waals surface area contributed by atoms with Crippen molar-refractivity contribution in [2.45, 2.75) is 70.7 Å². The van der Waals surface area contributed by atoms with E-state index in [0.29, 0.717) is 62.2 Å². The van der Waals surface area contributed by atoms with Crippen molar-refractivity contribution in [1.29, 1.82) is 10.5 Å². The molecule has 2 atom stereocenters. The molecule has 0 bridgehead atoms. The summed E-state index contributed by atoms with van der Waals surface area (Å²) in [6, 6.07) is 16.7. The number of aromatic nitrogens is 1. The normalized spacial score (nSPS) is 20.1. The Balaban J connectivity index is 1.38. The van der Waals surface area contributed by atoms with Crippen molar-refractivity contribution in [2.24, 2.45) is 0 Å². The molecule has 1 amide bonds. The number of anilines is 2. The van der Waals surface area contributed by atoms with Crippen molar-refractivity contribution < 1.29 is 14.3 Å². The summed E-state index contributed by atoms with van der Waals surface area (Å²) in [7, 11) is 2.10. The van der Waals surface area contributed by atoms with E-state index in [2.05, 4.69) is 52.1 Å². The van der Waals surface area contributed by atoms with Crippen LogP contribution in [-0.2, 0) is 17.7 Å². The standard InChI is InChI=1S/C36H42ClN7O3/c1-36(2,3)47-35(45)44-19-18-43(21-25(44)13-15-38)33-27-14-17-42(31-12-6-9-24-8-5-11-30(37)32(24)31)22-29(27)28(20-39)34(40-33)46-23-26-10-7-16-41(26)4/h5-6,8-9,11-12,25-26H,7,10,13-14,16-19,21-23H2,1-4H3/t25-,26+/m0/s1. The Morgan fingerprint density at radius 1 is 1.04 bits per heavy atom. The lowest BCUT2D eigenvalue weighted by Crippen LogP contribution is -2.56. The van der Waals surface area contributed by atoms with Gasteiger partial charge in [-0.2, -0.15) is 15.5 Å². The number of hydrogen-bond donors (Lipinski definition) is 0. The van der Waals surface area contributed by atoms with Crippen molar-refractivity contribution in [3.8, 4) is 18.0 Å². The van der Waals surface area contributed by atoms with Gasteiger partial charge in [0.15, 0.2) is 0 Å². The molecule has 2 fully saturated rings. The minimum atomic E-state index is -0.640. The number of pyridine rings is 1. The number of nitriles is 2. The molecule has 11 heteroatoms. The van der Waals surface area contributed by atoms with Gasteiger partial charge in [0.25, 0.3) is 0 Å². The quantitative estimate of drug-likeness (QED) is 0.310. The topological polar surface area (TPSA) is 109 Å². The van der Waals surface area contributed by atoms with Crippen LogP contribution in [0.2, 0.25) is 5.02 Å². The second-order valence-corrected chi connectivity index (χ2v) is 14.1. The highest BCUT2D eigenvalue weighted by molar-refractivity contribution is 6.36. The minimum absolute atomic E-state index is 0.168. The van der Waals surface area contributed by atoms with Gasteiger partial charge in [0.1, 0.15) is 29.7 Å². The molecule has 47 heavy (non-hydrogen) atoms. The monoisotopic (exact) mass is 655 g/mol. The second kappa shape index (κ2) is 13.5. The number of carbonyl (C=O) groups excluding carboxylic acids is 1. The number of hydrogen-bond acceptors (Lipinski definition) is 9. The molecule has 0 aliphatic carbocycles. The van der Waals surface area contributed by atoms with Gasteiger partial charge in [0.2, 0.25) is 5.88 Å². The molecule has 1 aromatic heterocycles. The van der Waals surface area contributed by atoms with Crippen LogP contribution in [0.4, 0.5) is 16.3 Å². The van der Waals surface area contributed by atoms with E-state index in [0.717, 1.165) is 52.8 Å². The Morgan fingerprint density at radius 2 is 1.83 bits per heavy atom. The van der Waals surface area contributed by atoms with E-state index >= 15 is 0 Å². The number of rotatable bonds is 6. The Hall–Kier alpha value is -4.25. The lowest BCUT2D eigenvalue weighted by Gasteiger charge is -2.43. The summed E-state index contributed by atoms with van der Waals surface area (Å²) >= 11 is 6.74. The first kappa shape index (κ1) is 32.7. The Labute approximate surface area is 282 Å². The molecule has 2 saturated heterocycles. The van der Waals surface area contributed by atoms with Crippen molar-refractivity contribution >= 4 is 40.0 Å². The van der Waals surface area contributed by atoms with Crippen LogP contribution in [0.1, 0.15) is 56.7 Å². The molecule has 0 spiro atoms.